The summed E-state index contributed by atoms with van der Waals surface area (Å²) in [5.41, 5.74) is 5.99. The standard InChI is InChI=1S/C15H23N3O2/c1-18-10-6-12(7-11-18)20-14-5-3-2-4-13(14)15(19)17-9-8-16/h2-5,12H,6-11,16H2,1H3,(H,17,19). The average molecular weight is 277 g/mol. The summed E-state index contributed by atoms with van der Waals surface area (Å²) in [6.45, 7) is 2.98. The number of nitrogens with two attached hydrogens (primary N) is 1. The molecule has 5 nitrogen and oxygen atoms in total. The van der Waals surface area contributed by atoms with Crippen LogP contribution in [0.2, 0.25) is 0 Å². The Hall–Kier alpha value is -1.59. The van der Waals surface area contributed by atoms with E-state index in [4.69, 9.17) is 10.5 Å². The number of amides is 1. The second-order valence-electron chi connectivity index (χ2n) is 5.16. The van der Waals surface area contributed by atoms with Crippen molar-refractivity contribution in [2.75, 3.05) is 33.2 Å². The van der Waals surface area contributed by atoms with E-state index in [1.54, 1.807) is 6.07 Å². The smallest absolute Gasteiger partial charge is 0.255 e. The number of benzene rings is 1. The molecule has 2 rings (SSSR count). The number of hydrogen-bond acceptors (Lipinski definition) is 4. The Morgan fingerprint density at radius 1 is 1.40 bits per heavy atom. The monoisotopic (exact) mass is 277 g/mol. The van der Waals surface area contributed by atoms with Gasteiger partial charge in [-0.15, -0.1) is 0 Å². The lowest BCUT2D eigenvalue weighted by atomic mass is 10.1. The van der Waals surface area contributed by atoms with Gasteiger partial charge in [-0.3, -0.25) is 4.79 Å². The summed E-state index contributed by atoms with van der Waals surface area (Å²) < 4.78 is 6.02. The molecule has 1 fully saturated rings. The molecule has 1 saturated heterocycles. The Kier molecular flexibility index (Phi) is 5.38. The molecule has 110 valence electrons. The van der Waals surface area contributed by atoms with Gasteiger partial charge in [0.25, 0.3) is 5.91 Å². The third kappa shape index (κ3) is 3.95. The molecular weight excluding hydrogens is 254 g/mol. The van der Waals surface area contributed by atoms with Gasteiger partial charge in [-0.05, 0) is 32.0 Å². The molecule has 0 bridgehead atoms. The number of ether oxygens (including phenoxy) is 1. The molecule has 1 heterocycles. The molecule has 0 saturated carbocycles. The van der Waals surface area contributed by atoms with Gasteiger partial charge in [-0.1, -0.05) is 12.1 Å². The molecule has 1 amide bonds. The first-order valence-corrected chi connectivity index (χ1v) is 7.13. The van der Waals surface area contributed by atoms with Crippen molar-refractivity contribution in [3.05, 3.63) is 29.8 Å². The molecular formula is C15H23N3O2. The van der Waals surface area contributed by atoms with Gasteiger partial charge in [-0.2, -0.15) is 0 Å². The average Bonchev–Trinajstić information content (AvgIpc) is 2.48. The third-order valence-corrected chi connectivity index (χ3v) is 3.52. The zero-order chi connectivity index (χ0) is 14.4. The van der Waals surface area contributed by atoms with E-state index in [1.165, 1.54) is 0 Å². The Labute approximate surface area is 120 Å². The van der Waals surface area contributed by atoms with Crippen molar-refractivity contribution < 1.29 is 9.53 Å². The van der Waals surface area contributed by atoms with Crippen molar-refractivity contribution in [2.45, 2.75) is 18.9 Å². The number of carbonyl (C=O) groups is 1. The SMILES string of the molecule is CN1CCC(Oc2ccccc2C(=O)NCCN)CC1. The van der Waals surface area contributed by atoms with Crippen LogP contribution in [0.4, 0.5) is 0 Å². The number of carbonyl (C=O) groups excluding carboxylic acids is 1. The molecule has 0 atom stereocenters. The van der Waals surface area contributed by atoms with Crippen LogP contribution in [0, 0.1) is 0 Å². The highest BCUT2D eigenvalue weighted by Crippen LogP contribution is 2.22. The molecule has 0 aromatic heterocycles. The van der Waals surface area contributed by atoms with Gasteiger partial charge >= 0.3 is 0 Å². The predicted molar refractivity (Wildman–Crippen MR) is 79.0 cm³/mol. The van der Waals surface area contributed by atoms with Crippen LogP contribution in [-0.2, 0) is 0 Å². The third-order valence-electron chi connectivity index (χ3n) is 3.52. The van der Waals surface area contributed by atoms with Gasteiger partial charge < -0.3 is 20.7 Å². The molecule has 1 aliphatic rings. The minimum absolute atomic E-state index is 0.126. The highest BCUT2D eigenvalue weighted by molar-refractivity contribution is 5.96. The Bertz CT molecular complexity index is 442. The van der Waals surface area contributed by atoms with Crippen molar-refractivity contribution in [3.8, 4) is 5.75 Å². The van der Waals surface area contributed by atoms with E-state index >= 15 is 0 Å². The quantitative estimate of drug-likeness (QED) is 0.837. The van der Waals surface area contributed by atoms with Gasteiger partial charge in [0.15, 0.2) is 0 Å². The topological polar surface area (TPSA) is 67.6 Å². The van der Waals surface area contributed by atoms with E-state index in [0.717, 1.165) is 25.9 Å². The maximum atomic E-state index is 12.1. The highest BCUT2D eigenvalue weighted by Gasteiger charge is 2.20. The number of nitrogens with one attached hydrogen (secondary N) is 1. The molecule has 0 unspecified atom stereocenters. The maximum absolute atomic E-state index is 12.1. The van der Waals surface area contributed by atoms with E-state index in [-0.39, 0.29) is 12.0 Å². The fourth-order valence-electron chi connectivity index (χ4n) is 2.32. The van der Waals surface area contributed by atoms with Crippen LogP contribution in [0.3, 0.4) is 0 Å². The zero-order valence-electron chi connectivity index (χ0n) is 12.0. The van der Waals surface area contributed by atoms with Crippen LogP contribution in [0.5, 0.6) is 5.75 Å². The highest BCUT2D eigenvalue weighted by atomic mass is 16.5. The van der Waals surface area contributed by atoms with Crippen molar-refractivity contribution >= 4 is 5.91 Å². The van der Waals surface area contributed by atoms with E-state index in [9.17, 15) is 4.79 Å². The minimum atomic E-state index is -0.126. The summed E-state index contributed by atoms with van der Waals surface area (Å²) >= 11 is 0. The molecule has 20 heavy (non-hydrogen) atoms. The van der Waals surface area contributed by atoms with Gasteiger partial charge in [0.1, 0.15) is 11.9 Å². The first kappa shape index (κ1) is 14.8. The molecule has 5 heteroatoms. The maximum Gasteiger partial charge on any atom is 0.255 e. The van der Waals surface area contributed by atoms with E-state index in [1.807, 2.05) is 18.2 Å². The lowest BCUT2D eigenvalue weighted by Crippen LogP contribution is -2.36. The summed E-state index contributed by atoms with van der Waals surface area (Å²) in [5, 5.41) is 2.78. The fraction of sp³-hybridized carbons (Fsp3) is 0.533. The number of rotatable bonds is 5. The minimum Gasteiger partial charge on any atom is -0.489 e. The lowest BCUT2D eigenvalue weighted by molar-refractivity contribution is 0.0928. The van der Waals surface area contributed by atoms with E-state index < -0.39 is 0 Å². The number of likely N-dealkylation sites (tertiary alicyclic amines) is 1. The normalized spacial score (nSPS) is 16.9. The Morgan fingerprint density at radius 2 is 2.10 bits per heavy atom. The zero-order valence-corrected chi connectivity index (χ0v) is 12.0. The molecule has 1 aromatic rings. The summed E-state index contributed by atoms with van der Waals surface area (Å²) in [5.74, 6) is 0.538. The van der Waals surface area contributed by atoms with Crippen LogP contribution >= 0.6 is 0 Å². The lowest BCUT2D eigenvalue weighted by Gasteiger charge is -2.29. The number of nitrogens with zero attached hydrogens (tertiary/aromatic N) is 1. The second kappa shape index (κ2) is 7.26. The van der Waals surface area contributed by atoms with Gasteiger partial charge in [0.2, 0.25) is 0 Å². The summed E-state index contributed by atoms with van der Waals surface area (Å²) in [7, 11) is 2.12. The summed E-state index contributed by atoms with van der Waals surface area (Å²) in [6, 6.07) is 7.38. The number of para-hydroxylation sites is 1. The van der Waals surface area contributed by atoms with Crippen molar-refractivity contribution in [3.63, 3.8) is 0 Å². The first-order valence-electron chi connectivity index (χ1n) is 7.13. The van der Waals surface area contributed by atoms with Gasteiger partial charge in [0.05, 0.1) is 5.56 Å². The van der Waals surface area contributed by atoms with Crippen LogP contribution in [-0.4, -0.2) is 50.1 Å². The molecule has 0 radical (unpaired) electrons. The Morgan fingerprint density at radius 3 is 2.80 bits per heavy atom. The second-order valence-corrected chi connectivity index (χ2v) is 5.16. The van der Waals surface area contributed by atoms with Crippen LogP contribution < -0.4 is 15.8 Å². The summed E-state index contributed by atoms with van der Waals surface area (Å²) in [6.07, 6.45) is 2.18. The van der Waals surface area contributed by atoms with Crippen LogP contribution in [0.25, 0.3) is 0 Å². The van der Waals surface area contributed by atoms with Gasteiger partial charge in [0, 0.05) is 26.2 Å². The molecule has 3 N–H and O–H groups in total. The molecule has 1 aromatic carbocycles. The van der Waals surface area contributed by atoms with E-state index in [0.29, 0.717) is 24.4 Å². The number of hydrogen-bond donors (Lipinski definition) is 2. The summed E-state index contributed by atoms with van der Waals surface area (Å²) in [4.78, 5) is 14.4. The molecule has 1 aliphatic heterocycles. The van der Waals surface area contributed by atoms with Crippen molar-refractivity contribution in [1.29, 1.82) is 0 Å². The van der Waals surface area contributed by atoms with Crippen molar-refractivity contribution in [1.82, 2.24) is 10.2 Å². The van der Waals surface area contributed by atoms with E-state index in [2.05, 4.69) is 17.3 Å². The first-order chi connectivity index (χ1) is 9.70. The molecule has 0 spiro atoms. The van der Waals surface area contributed by atoms with Crippen molar-refractivity contribution in [2.24, 2.45) is 5.73 Å². The molecule has 0 aliphatic carbocycles. The predicted octanol–water partition coefficient (Wildman–Crippen LogP) is 0.848. The van der Waals surface area contributed by atoms with Crippen LogP contribution in [0.15, 0.2) is 24.3 Å². The largest absolute Gasteiger partial charge is 0.489 e. The Balaban J connectivity index is 2.02. The number of piperidine rings is 1. The fourth-order valence-corrected chi connectivity index (χ4v) is 2.32. The van der Waals surface area contributed by atoms with Crippen LogP contribution in [0.1, 0.15) is 23.2 Å². The van der Waals surface area contributed by atoms with Gasteiger partial charge in [-0.25, -0.2) is 0 Å².